The SMILES string of the molecule is COc1ccc(CN(c2ncns2)S(=O)(=O)c2cc(F)c(Nc3ccc(Cl)cc3N(CCNC(C)C(=O)OC(C)(C)C)C(=O)OC(C)(C)C)cc2F)c(OC)c1. The molecule has 0 bridgehead atoms. The van der Waals surface area contributed by atoms with Crippen molar-refractivity contribution in [2.75, 3.05) is 41.8 Å². The van der Waals surface area contributed by atoms with Crippen LogP contribution in [0.15, 0.2) is 59.8 Å². The third kappa shape index (κ3) is 11.4. The van der Waals surface area contributed by atoms with Crippen LogP contribution in [0.3, 0.4) is 0 Å². The zero-order chi connectivity index (χ0) is 41.6. The van der Waals surface area contributed by atoms with Crippen LogP contribution in [0.2, 0.25) is 5.02 Å². The van der Waals surface area contributed by atoms with Gasteiger partial charge in [-0.05, 0) is 84.9 Å². The highest BCUT2D eigenvalue weighted by molar-refractivity contribution is 7.93. The van der Waals surface area contributed by atoms with Gasteiger partial charge in [0, 0.05) is 47.3 Å². The Morgan fingerprint density at radius 2 is 1.62 bits per heavy atom. The topological polar surface area (TPSA) is 162 Å². The van der Waals surface area contributed by atoms with Crippen LogP contribution < -0.4 is 29.3 Å². The van der Waals surface area contributed by atoms with Gasteiger partial charge in [-0.2, -0.15) is 4.37 Å². The van der Waals surface area contributed by atoms with Gasteiger partial charge in [0.2, 0.25) is 5.13 Å². The minimum atomic E-state index is -4.81. The van der Waals surface area contributed by atoms with Gasteiger partial charge in [0.25, 0.3) is 10.0 Å². The van der Waals surface area contributed by atoms with Crippen molar-refractivity contribution >= 4 is 67.4 Å². The van der Waals surface area contributed by atoms with Gasteiger partial charge in [-0.3, -0.25) is 9.69 Å². The van der Waals surface area contributed by atoms with Crippen LogP contribution in [0.4, 0.5) is 35.8 Å². The maximum absolute atomic E-state index is 16.0. The lowest BCUT2D eigenvalue weighted by molar-refractivity contribution is -0.156. The van der Waals surface area contributed by atoms with E-state index in [1.807, 2.05) is 0 Å². The first-order valence-corrected chi connectivity index (χ1v) is 19.8. The Kier molecular flexibility index (Phi) is 14.1. The molecule has 0 saturated carbocycles. The van der Waals surface area contributed by atoms with Gasteiger partial charge >= 0.3 is 12.1 Å². The fourth-order valence-corrected chi connectivity index (χ4v) is 7.44. The highest BCUT2D eigenvalue weighted by Crippen LogP contribution is 2.37. The second-order valence-corrected chi connectivity index (χ2v) is 17.3. The largest absolute Gasteiger partial charge is 0.497 e. The summed E-state index contributed by atoms with van der Waals surface area (Å²) in [5.41, 5.74) is -1.49. The van der Waals surface area contributed by atoms with Gasteiger partial charge in [-0.1, -0.05) is 11.6 Å². The average molecular weight is 839 g/mol. The maximum atomic E-state index is 16.0. The molecule has 14 nitrogen and oxygen atoms in total. The summed E-state index contributed by atoms with van der Waals surface area (Å²) in [6.45, 7) is 11.5. The molecule has 1 atom stereocenters. The summed E-state index contributed by atoms with van der Waals surface area (Å²) in [5, 5.41) is 5.90. The van der Waals surface area contributed by atoms with Gasteiger partial charge in [0.15, 0.2) is 0 Å². The van der Waals surface area contributed by atoms with Gasteiger partial charge in [-0.15, -0.1) is 0 Å². The number of methoxy groups -OCH3 is 2. The minimum absolute atomic E-state index is 0.0640. The van der Waals surface area contributed by atoms with Gasteiger partial charge in [-0.25, -0.2) is 31.3 Å². The van der Waals surface area contributed by atoms with Crippen LogP contribution in [-0.2, 0) is 30.8 Å². The van der Waals surface area contributed by atoms with Crippen LogP contribution in [0.25, 0.3) is 0 Å². The summed E-state index contributed by atoms with van der Waals surface area (Å²) in [4.78, 5) is 30.4. The number of amides is 1. The number of anilines is 4. The van der Waals surface area contributed by atoms with Crippen molar-refractivity contribution in [3.05, 3.63) is 77.1 Å². The number of hydrogen-bond acceptors (Lipinski definition) is 13. The van der Waals surface area contributed by atoms with Crippen LogP contribution in [0.1, 0.15) is 54.0 Å². The van der Waals surface area contributed by atoms with Crippen molar-refractivity contribution in [1.29, 1.82) is 0 Å². The van der Waals surface area contributed by atoms with E-state index in [1.165, 1.54) is 37.3 Å². The molecule has 0 saturated heterocycles. The van der Waals surface area contributed by atoms with Crippen molar-refractivity contribution in [3.63, 3.8) is 0 Å². The van der Waals surface area contributed by atoms with E-state index in [-0.39, 0.29) is 46.9 Å². The van der Waals surface area contributed by atoms with Crippen molar-refractivity contribution in [2.24, 2.45) is 0 Å². The first kappa shape index (κ1) is 43.9. The number of ether oxygens (including phenoxy) is 4. The number of sulfonamides is 1. The summed E-state index contributed by atoms with van der Waals surface area (Å²) in [6.07, 6.45) is 0.340. The normalized spacial score (nSPS) is 12.4. The summed E-state index contributed by atoms with van der Waals surface area (Å²) in [5.74, 6) is -2.18. The fourth-order valence-electron chi connectivity index (χ4n) is 5.08. The Balaban J connectivity index is 1.69. The van der Waals surface area contributed by atoms with Crippen LogP contribution in [-0.4, -0.2) is 74.4 Å². The lowest BCUT2D eigenvalue weighted by Crippen LogP contribution is -2.45. The second-order valence-electron chi connectivity index (χ2n) is 14.3. The summed E-state index contributed by atoms with van der Waals surface area (Å²) in [7, 11) is -1.96. The first-order chi connectivity index (χ1) is 26.1. The number of halogens is 3. The van der Waals surface area contributed by atoms with Crippen LogP contribution in [0.5, 0.6) is 11.5 Å². The number of carbonyl (C=O) groups is 2. The van der Waals surface area contributed by atoms with E-state index in [1.54, 1.807) is 66.7 Å². The lowest BCUT2D eigenvalue weighted by Gasteiger charge is -2.30. The zero-order valence-electron chi connectivity index (χ0n) is 32.4. The Morgan fingerprint density at radius 3 is 2.23 bits per heavy atom. The monoisotopic (exact) mass is 838 g/mol. The van der Waals surface area contributed by atoms with E-state index >= 15 is 8.78 Å². The molecular weight excluding hydrogens is 794 g/mol. The fraction of sp³-hybridized carbons (Fsp3) is 0.405. The number of benzene rings is 3. The number of hydrogen-bond donors (Lipinski definition) is 2. The number of carbonyl (C=O) groups excluding carboxylic acids is 2. The quantitative estimate of drug-likeness (QED) is 0.113. The Labute approximate surface area is 334 Å². The van der Waals surface area contributed by atoms with Crippen molar-refractivity contribution in [3.8, 4) is 11.5 Å². The number of aromatic nitrogens is 2. The zero-order valence-corrected chi connectivity index (χ0v) is 34.8. The van der Waals surface area contributed by atoms with Gasteiger partial charge < -0.3 is 29.6 Å². The third-order valence-corrected chi connectivity index (χ3v) is 10.4. The standard InChI is InChI=1S/C37H45ClF2N6O8S2/c1-22(33(47)53-36(2,3)4)41-14-15-45(35(48)54-37(5,6)7)30-16-24(38)11-13-28(30)44-29-18-27(40)32(19-26(29)39)56(49,50)46(34-42-21-43-55-34)20-23-10-12-25(51-8)17-31(23)52-9/h10-13,16-19,21-22,41,44H,14-15,20H2,1-9H3. The van der Waals surface area contributed by atoms with Gasteiger partial charge in [0.1, 0.15) is 51.6 Å². The van der Waals surface area contributed by atoms with E-state index in [0.29, 0.717) is 23.4 Å². The molecule has 0 aliphatic heterocycles. The summed E-state index contributed by atoms with van der Waals surface area (Å²) >= 11 is 7.11. The van der Waals surface area contributed by atoms with E-state index in [4.69, 9.17) is 30.5 Å². The molecule has 1 amide bonds. The lowest BCUT2D eigenvalue weighted by atomic mass is 10.2. The molecule has 1 heterocycles. The predicted octanol–water partition coefficient (Wildman–Crippen LogP) is 7.69. The van der Waals surface area contributed by atoms with Crippen molar-refractivity contribution < 1.29 is 45.7 Å². The number of nitrogens with one attached hydrogen (secondary N) is 2. The average Bonchev–Trinajstić information content (AvgIpc) is 3.64. The number of nitrogens with zero attached hydrogens (tertiary/aromatic N) is 4. The van der Waals surface area contributed by atoms with E-state index in [2.05, 4.69) is 20.0 Å². The molecule has 304 valence electrons. The smallest absolute Gasteiger partial charge is 0.414 e. The molecule has 1 aromatic heterocycles. The molecule has 19 heteroatoms. The van der Waals surface area contributed by atoms with E-state index in [9.17, 15) is 18.0 Å². The van der Waals surface area contributed by atoms with Crippen LogP contribution >= 0.6 is 23.1 Å². The van der Waals surface area contributed by atoms with Gasteiger partial charge in [0.05, 0.1) is 37.8 Å². The maximum Gasteiger partial charge on any atom is 0.414 e. The van der Waals surface area contributed by atoms with Crippen molar-refractivity contribution in [1.82, 2.24) is 14.7 Å². The molecule has 0 aliphatic carbocycles. The molecular formula is C37H45ClF2N6O8S2. The second kappa shape index (κ2) is 18.0. The third-order valence-electron chi connectivity index (χ3n) is 7.64. The summed E-state index contributed by atoms with van der Waals surface area (Å²) in [6, 6.07) is 9.55. The molecule has 4 rings (SSSR count). The van der Waals surface area contributed by atoms with Crippen LogP contribution in [0, 0.1) is 11.6 Å². The van der Waals surface area contributed by atoms with E-state index < -0.39 is 61.5 Å². The Bertz CT molecular complexity index is 2130. The molecule has 2 N–H and O–H groups in total. The predicted molar refractivity (Wildman–Crippen MR) is 211 cm³/mol. The summed E-state index contributed by atoms with van der Waals surface area (Å²) < 4.78 is 86.7. The molecule has 1 unspecified atom stereocenters. The molecule has 56 heavy (non-hydrogen) atoms. The molecule has 0 radical (unpaired) electrons. The Hall–Kier alpha value is -4.78. The van der Waals surface area contributed by atoms with E-state index in [0.717, 1.165) is 22.2 Å². The highest BCUT2D eigenvalue weighted by Gasteiger charge is 2.33. The minimum Gasteiger partial charge on any atom is -0.497 e. The molecule has 0 spiro atoms. The molecule has 4 aromatic rings. The Morgan fingerprint density at radius 1 is 0.929 bits per heavy atom. The number of esters is 1. The molecule has 0 aliphatic rings. The number of rotatable bonds is 15. The molecule has 0 fully saturated rings. The van der Waals surface area contributed by atoms with Crippen molar-refractivity contribution in [2.45, 2.75) is 77.2 Å². The molecule has 3 aromatic carbocycles. The first-order valence-electron chi connectivity index (χ1n) is 17.2. The highest BCUT2D eigenvalue weighted by atomic mass is 35.5.